The van der Waals surface area contributed by atoms with Gasteiger partial charge in [0, 0.05) is 17.8 Å². The number of carbonyl (C=O) groups excluding carboxylic acids is 2. The van der Waals surface area contributed by atoms with Crippen LogP contribution < -0.4 is 0 Å². The molecule has 0 saturated heterocycles. The smallest absolute Gasteiger partial charge is 0.416 e. The summed E-state index contributed by atoms with van der Waals surface area (Å²) in [5.74, 6) is -2.90. The fourth-order valence-electron chi connectivity index (χ4n) is 2.92. The lowest BCUT2D eigenvalue weighted by Crippen LogP contribution is -2.27. The van der Waals surface area contributed by atoms with E-state index in [4.69, 9.17) is 0 Å². The second-order valence-electron chi connectivity index (χ2n) is 5.24. The zero-order valence-electron chi connectivity index (χ0n) is 12.0. The van der Waals surface area contributed by atoms with Gasteiger partial charge in [-0.2, -0.15) is 13.2 Å². The maximum absolute atomic E-state index is 12.7. The summed E-state index contributed by atoms with van der Waals surface area (Å²) in [4.78, 5) is 24.3. The van der Waals surface area contributed by atoms with Gasteiger partial charge in [0.25, 0.3) is 0 Å². The topological polar surface area (TPSA) is 48.3 Å². The molecule has 4 nitrogen and oxygen atoms in total. The number of hydrogen-bond donors (Lipinski definition) is 0. The minimum atomic E-state index is -4.44. The van der Waals surface area contributed by atoms with Gasteiger partial charge in [0.1, 0.15) is 5.92 Å². The van der Waals surface area contributed by atoms with Crippen molar-refractivity contribution in [1.29, 1.82) is 0 Å². The van der Waals surface area contributed by atoms with Gasteiger partial charge in [-0.05, 0) is 29.8 Å². The van der Waals surface area contributed by atoms with E-state index in [1.54, 1.807) is 12.1 Å². The van der Waals surface area contributed by atoms with Crippen molar-refractivity contribution in [1.82, 2.24) is 4.57 Å². The van der Waals surface area contributed by atoms with Crippen molar-refractivity contribution in [3.63, 3.8) is 0 Å². The van der Waals surface area contributed by atoms with Gasteiger partial charge in [-0.25, -0.2) is 0 Å². The third-order valence-corrected chi connectivity index (χ3v) is 3.99. The molecule has 0 amide bonds. The van der Waals surface area contributed by atoms with Crippen LogP contribution in [0.2, 0.25) is 0 Å². The second kappa shape index (κ2) is 5.26. The lowest BCUT2D eigenvalue weighted by molar-refractivity contribution is -0.144. The van der Waals surface area contributed by atoms with Crippen molar-refractivity contribution in [2.75, 3.05) is 7.11 Å². The Kier molecular flexibility index (Phi) is 3.50. The van der Waals surface area contributed by atoms with E-state index in [1.165, 1.54) is 30.0 Å². The van der Waals surface area contributed by atoms with Gasteiger partial charge in [-0.3, -0.25) is 14.2 Å². The minimum Gasteiger partial charge on any atom is -0.468 e. The monoisotopic (exact) mass is 323 g/mol. The highest BCUT2D eigenvalue weighted by molar-refractivity contribution is 6.03. The number of nitrogens with zero attached hydrogens (tertiary/aromatic N) is 1. The van der Waals surface area contributed by atoms with Crippen LogP contribution in [0.4, 0.5) is 13.2 Å². The Morgan fingerprint density at radius 2 is 1.83 bits per heavy atom. The molecule has 0 spiro atoms. The fourth-order valence-corrected chi connectivity index (χ4v) is 2.92. The maximum Gasteiger partial charge on any atom is 0.416 e. The van der Waals surface area contributed by atoms with Crippen LogP contribution in [-0.2, 0) is 15.7 Å². The summed E-state index contributed by atoms with van der Waals surface area (Å²) in [6, 6.07) is 7.79. The number of alkyl halides is 3. The Morgan fingerprint density at radius 1 is 1.17 bits per heavy atom. The highest BCUT2D eigenvalue weighted by Gasteiger charge is 2.46. The predicted molar refractivity (Wildman–Crippen MR) is 73.9 cm³/mol. The molecule has 3 rings (SSSR count). The molecule has 0 aliphatic carbocycles. The number of ether oxygens (including phenoxy) is 1. The number of fused-ring (bicyclic) bond motifs is 1. The van der Waals surface area contributed by atoms with Crippen LogP contribution in [0.15, 0.2) is 42.6 Å². The van der Waals surface area contributed by atoms with E-state index < -0.39 is 35.5 Å². The fraction of sp³-hybridized carbons (Fsp3) is 0.250. The van der Waals surface area contributed by atoms with Crippen molar-refractivity contribution >= 4 is 11.9 Å². The van der Waals surface area contributed by atoms with Crippen molar-refractivity contribution in [3.8, 4) is 0 Å². The Bertz CT molecular complexity index is 762. The Morgan fingerprint density at radius 3 is 2.39 bits per heavy atom. The molecule has 0 N–H and O–H groups in total. The Labute approximate surface area is 129 Å². The van der Waals surface area contributed by atoms with Crippen molar-refractivity contribution in [2.24, 2.45) is 5.92 Å². The maximum atomic E-state index is 12.7. The van der Waals surface area contributed by atoms with Crippen LogP contribution in [0, 0.1) is 5.92 Å². The van der Waals surface area contributed by atoms with Crippen molar-refractivity contribution in [3.05, 3.63) is 59.4 Å². The van der Waals surface area contributed by atoms with E-state index in [2.05, 4.69) is 4.74 Å². The molecule has 0 saturated carbocycles. The van der Waals surface area contributed by atoms with Gasteiger partial charge < -0.3 is 4.74 Å². The summed E-state index contributed by atoms with van der Waals surface area (Å²) in [7, 11) is 1.17. The molecule has 1 aliphatic heterocycles. The van der Waals surface area contributed by atoms with Crippen molar-refractivity contribution < 1.29 is 27.5 Å². The number of esters is 1. The molecular weight excluding hydrogens is 311 g/mol. The average molecular weight is 323 g/mol. The summed E-state index contributed by atoms with van der Waals surface area (Å²) < 4.78 is 44.0. The zero-order valence-corrected chi connectivity index (χ0v) is 12.0. The molecule has 2 heterocycles. The summed E-state index contributed by atoms with van der Waals surface area (Å²) in [5, 5.41) is 0. The highest BCUT2D eigenvalue weighted by Crippen LogP contribution is 2.40. The molecule has 2 aromatic rings. The van der Waals surface area contributed by atoms with Gasteiger partial charge >= 0.3 is 12.1 Å². The van der Waals surface area contributed by atoms with Gasteiger partial charge in [0.15, 0.2) is 0 Å². The highest BCUT2D eigenvalue weighted by atomic mass is 19.4. The number of methoxy groups -OCH3 is 1. The molecule has 2 atom stereocenters. The first-order valence-corrected chi connectivity index (χ1v) is 6.81. The van der Waals surface area contributed by atoms with Crippen LogP contribution in [0.1, 0.15) is 27.5 Å². The van der Waals surface area contributed by atoms with Crippen LogP contribution in [0.25, 0.3) is 0 Å². The van der Waals surface area contributed by atoms with Crippen LogP contribution >= 0.6 is 0 Å². The summed E-state index contributed by atoms with van der Waals surface area (Å²) in [6.07, 6.45) is -2.91. The standard InChI is InChI=1S/C16H12F3NO3/c1-23-15(22)13-12(11-3-2-8-20(11)14(13)21)9-4-6-10(7-5-9)16(17,18)19/h2-8,12-13H,1H3. The van der Waals surface area contributed by atoms with Crippen molar-refractivity contribution in [2.45, 2.75) is 12.1 Å². The first-order valence-electron chi connectivity index (χ1n) is 6.81. The molecule has 0 bridgehead atoms. The van der Waals surface area contributed by atoms with Gasteiger partial charge in [-0.15, -0.1) is 0 Å². The van der Waals surface area contributed by atoms with E-state index >= 15 is 0 Å². The molecule has 7 heteroatoms. The van der Waals surface area contributed by atoms with E-state index in [1.807, 2.05) is 0 Å². The van der Waals surface area contributed by atoms with Crippen LogP contribution in [0.5, 0.6) is 0 Å². The summed E-state index contributed by atoms with van der Waals surface area (Å²) in [6.45, 7) is 0. The quantitative estimate of drug-likeness (QED) is 0.630. The van der Waals surface area contributed by atoms with E-state index in [0.29, 0.717) is 11.3 Å². The summed E-state index contributed by atoms with van der Waals surface area (Å²) in [5.41, 5.74) is 0.236. The number of carbonyl (C=O) groups is 2. The zero-order chi connectivity index (χ0) is 16.8. The van der Waals surface area contributed by atoms with Crippen LogP contribution in [-0.4, -0.2) is 23.6 Å². The molecule has 120 valence electrons. The Hall–Kier alpha value is -2.57. The third-order valence-electron chi connectivity index (χ3n) is 3.99. The average Bonchev–Trinajstić information content (AvgIpc) is 3.08. The molecule has 1 aliphatic rings. The first-order chi connectivity index (χ1) is 10.8. The SMILES string of the molecule is COC(=O)C1C(=O)n2cccc2C1c1ccc(C(F)(F)F)cc1. The number of aromatic nitrogens is 1. The minimum absolute atomic E-state index is 0.443. The molecule has 0 fully saturated rings. The van der Waals surface area contributed by atoms with Gasteiger partial charge in [0.05, 0.1) is 12.7 Å². The molecule has 0 radical (unpaired) electrons. The lowest BCUT2D eigenvalue weighted by Gasteiger charge is -2.17. The molecular formula is C16H12F3NO3. The molecule has 1 aromatic heterocycles. The number of benzene rings is 1. The Balaban J connectivity index is 2.05. The molecule has 2 unspecified atom stereocenters. The van der Waals surface area contributed by atoms with Crippen LogP contribution in [0.3, 0.4) is 0 Å². The second-order valence-corrected chi connectivity index (χ2v) is 5.24. The largest absolute Gasteiger partial charge is 0.468 e. The number of hydrogen-bond acceptors (Lipinski definition) is 3. The predicted octanol–water partition coefficient (Wildman–Crippen LogP) is 3.08. The first kappa shape index (κ1) is 15.3. The normalized spacial score (nSPS) is 20.4. The lowest BCUT2D eigenvalue weighted by atomic mass is 9.85. The third kappa shape index (κ3) is 2.42. The van der Waals surface area contributed by atoms with E-state index in [9.17, 15) is 22.8 Å². The number of rotatable bonds is 2. The van der Waals surface area contributed by atoms with Gasteiger partial charge in [-0.1, -0.05) is 12.1 Å². The number of halogens is 3. The van der Waals surface area contributed by atoms with Gasteiger partial charge in [0.2, 0.25) is 5.91 Å². The van der Waals surface area contributed by atoms with E-state index in [0.717, 1.165) is 12.1 Å². The molecule has 1 aromatic carbocycles. The summed E-state index contributed by atoms with van der Waals surface area (Å²) >= 11 is 0. The van der Waals surface area contributed by atoms with E-state index in [-0.39, 0.29) is 0 Å². The molecule has 23 heavy (non-hydrogen) atoms.